The van der Waals surface area contributed by atoms with Gasteiger partial charge >= 0.3 is 0 Å². The molecule has 0 aliphatic carbocycles. The molecule has 2 aromatic carbocycles. The number of nitrogens with one attached hydrogen (secondary N) is 2. The van der Waals surface area contributed by atoms with Gasteiger partial charge in [0.15, 0.2) is 5.96 Å². The van der Waals surface area contributed by atoms with Crippen LogP contribution in [-0.2, 0) is 13.1 Å². The van der Waals surface area contributed by atoms with Gasteiger partial charge in [-0.1, -0.05) is 36.4 Å². The third kappa shape index (κ3) is 6.89. The van der Waals surface area contributed by atoms with E-state index in [2.05, 4.69) is 27.8 Å². The lowest BCUT2D eigenvalue weighted by atomic mass is 10.2. The van der Waals surface area contributed by atoms with Gasteiger partial charge in [-0.2, -0.15) is 0 Å². The Labute approximate surface area is 166 Å². The van der Waals surface area contributed by atoms with Crippen molar-refractivity contribution in [2.45, 2.75) is 20.0 Å². The second-order valence-electron chi connectivity index (χ2n) is 5.71. The molecule has 0 bridgehead atoms. The Hall–Kier alpha value is -1.83. The van der Waals surface area contributed by atoms with E-state index in [1.807, 2.05) is 45.3 Å². The summed E-state index contributed by atoms with van der Waals surface area (Å²) in [6.45, 7) is 3.91. The molecule has 4 nitrogen and oxygen atoms in total. The highest BCUT2D eigenvalue weighted by atomic mass is 127. The Morgan fingerprint density at radius 3 is 2.36 bits per heavy atom. The summed E-state index contributed by atoms with van der Waals surface area (Å²) in [7, 11) is 3.65. The van der Waals surface area contributed by atoms with Gasteiger partial charge < -0.3 is 15.5 Å². The van der Waals surface area contributed by atoms with Crippen LogP contribution in [0.5, 0.6) is 0 Å². The Bertz CT molecular complexity index is 674. The van der Waals surface area contributed by atoms with Crippen LogP contribution in [0.4, 0.5) is 10.1 Å². The van der Waals surface area contributed by atoms with Crippen molar-refractivity contribution in [3.63, 3.8) is 0 Å². The van der Waals surface area contributed by atoms with Crippen LogP contribution in [0.25, 0.3) is 0 Å². The van der Waals surface area contributed by atoms with E-state index in [1.54, 1.807) is 17.0 Å². The van der Waals surface area contributed by atoms with Crippen LogP contribution < -0.4 is 15.5 Å². The highest BCUT2D eigenvalue weighted by Crippen LogP contribution is 2.18. The maximum Gasteiger partial charge on any atom is 0.191 e. The molecule has 0 radical (unpaired) electrons. The topological polar surface area (TPSA) is 39.7 Å². The molecule has 0 saturated heterocycles. The van der Waals surface area contributed by atoms with Crippen molar-refractivity contribution in [2.24, 2.45) is 4.99 Å². The number of rotatable bonds is 6. The quantitative estimate of drug-likeness (QED) is 0.395. The monoisotopic (exact) mass is 456 g/mol. The van der Waals surface area contributed by atoms with E-state index in [4.69, 9.17) is 0 Å². The van der Waals surface area contributed by atoms with Crippen molar-refractivity contribution in [2.75, 3.05) is 25.5 Å². The van der Waals surface area contributed by atoms with Gasteiger partial charge in [0.25, 0.3) is 0 Å². The van der Waals surface area contributed by atoms with Crippen LogP contribution in [0.2, 0.25) is 0 Å². The number of hydrogen-bond donors (Lipinski definition) is 2. The number of anilines is 1. The first-order valence-corrected chi connectivity index (χ1v) is 8.12. The smallest absolute Gasteiger partial charge is 0.191 e. The zero-order chi connectivity index (χ0) is 17.4. The predicted molar refractivity (Wildman–Crippen MR) is 114 cm³/mol. The van der Waals surface area contributed by atoms with Crippen LogP contribution in [-0.4, -0.2) is 26.6 Å². The Morgan fingerprint density at radius 2 is 1.76 bits per heavy atom. The Morgan fingerprint density at radius 1 is 1.04 bits per heavy atom. The highest BCUT2D eigenvalue weighted by Gasteiger charge is 2.05. The molecule has 0 heterocycles. The lowest BCUT2D eigenvalue weighted by Gasteiger charge is -2.14. The van der Waals surface area contributed by atoms with Gasteiger partial charge in [-0.3, -0.25) is 0 Å². The summed E-state index contributed by atoms with van der Waals surface area (Å²) in [6, 6.07) is 15.4. The molecule has 25 heavy (non-hydrogen) atoms. The molecule has 0 spiro atoms. The maximum atomic E-state index is 14.0. The van der Waals surface area contributed by atoms with E-state index in [-0.39, 0.29) is 29.8 Å². The minimum Gasteiger partial charge on any atom is -0.375 e. The standard InChI is InChI=1S/C19H25FN4.HI/c1-4-21-19(22-13-15-8-6-5-7-9-15)23-14-16-10-11-18(24(2)3)17(20)12-16;/h5-12H,4,13-14H2,1-3H3,(H2,21,22,23);1H. The van der Waals surface area contributed by atoms with Crippen molar-refractivity contribution in [1.29, 1.82) is 0 Å². The van der Waals surface area contributed by atoms with E-state index < -0.39 is 0 Å². The Kier molecular flexibility index (Phi) is 9.26. The minimum absolute atomic E-state index is 0. The normalized spacial score (nSPS) is 10.8. The fraction of sp³-hybridized carbons (Fsp3) is 0.316. The van der Waals surface area contributed by atoms with Crippen molar-refractivity contribution in [3.8, 4) is 0 Å². The van der Waals surface area contributed by atoms with Gasteiger partial charge in [-0.15, -0.1) is 24.0 Å². The summed E-state index contributed by atoms with van der Waals surface area (Å²) in [5.74, 6) is 0.494. The van der Waals surface area contributed by atoms with Gasteiger partial charge in [-0.25, -0.2) is 9.38 Å². The zero-order valence-corrected chi connectivity index (χ0v) is 17.3. The third-order valence-electron chi connectivity index (χ3n) is 3.56. The molecule has 0 aliphatic heterocycles. The summed E-state index contributed by atoms with van der Waals surface area (Å²) in [4.78, 5) is 6.29. The van der Waals surface area contributed by atoms with Crippen molar-refractivity contribution in [3.05, 3.63) is 65.5 Å². The fourth-order valence-corrected chi connectivity index (χ4v) is 2.31. The molecular formula is C19H26FIN4. The molecule has 0 unspecified atom stereocenters. The number of hydrogen-bond acceptors (Lipinski definition) is 2. The molecular weight excluding hydrogens is 430 g/mol. The second-order valence-corrected chi connectivity index (χ2v) is 5.71. The second kappa shape index (κ2) is 10.9. The largest absolute Gasteiger partial charge is 0.375 e. The maximum absolute atomic E-state index is 14.0. The summed E-state index contributed by atoms with van der Waals surface area (Å²) < 4.78 is 14.0. The molecule has 0 aliphatic rings. The van der Waals surface area contributed by atoms with Crippen molar-refractivity contribution < 1.29 is 4.39 Å². The first-order chi connectivity index (χ1) is 11.6. The van der Waals surface area contributed by atoms with Gasteiger partial charge in [0.2, 0.25) is 0 Å². The van der Waals surface area contributed by atoms with E-state index >= 15 is 0 Å². The molecule has 2 N–H and O–H groups in total. The summed E-state index contributed by atoms with van der Waals surface area (Å²) in [5, 5.41) is 6.49. The number of guanidine groups is 1. The summed E-state index contributed by atoms with van der Waals surface area (Å²) in [6.07, 6.45) is 0. The van der Waals surface area contributed by atoms with Crippen LogP contribution in [0.3, 0.4) is 0 Å². The minimum atomic E-state index is -0.227. The molecule has 0 fully saturated rings. The molecule has 2 rings (SSSR count). The third-order valence-corrected chi connectivity index (χ3v) is 3.56. The number of benzene rings is 2. The zero-order valence-electron chi connectivity index (χ0n) is 14.9. The molecule has 0 aromatic heterocycles. The van der Waals surface area contributed by atoms with Crippen LogP contribution in [0.15, 0.2) is 53.5 Å². The molecule has 0 saturated carbocycles. The average Bonchev–Trinajstić information content (AvgIpc) is 2.58. The van der Waals surface area contributed by atoms with Crippen LogP contribution in [0, 0.1) is 5.82 Å². The lowest BCUT2D eigenvalue weighted by molar-refractivity contribution is 0.624. The molecule has 0 amide bonds. The van der Waals surface area contributed by atoms with Crippen LogP contribution in [0.1, 0.15) is 18.1 Å². The fourth-order valence-electron chi connectivity index (χ4n) is 2.31. The molecule has 2 aromatic rings. The van der Waals surface area contributed by atoms with Crippen molar-refractivity contribution in [1.82, 2.24) is 10.6 Å². The first kappa shape index (κ1) is 21.2. The number of halogens is 2. The van der Waals surface area contributed by atoms with Crippen molar-refractivity contribution >= 4 is 35.6 Å². The van der Waals surface area contributed by atoms with Gasteiger partial charge in [0, 0.05) is 27.2 Å². The highest BCUT2D eigenvalue weighted by molar-refractivity contribution is 14.0. The van der Waals surface area contributed by atoms with E-state index in [0.717, 1.165) is 18.1 Å². The number of aliphatic imine (C=N–C) groups is 1. The summed E-state index contributed by atoms with van der Waals surface area (Å²) in [5.41, 5.74) is 2.61. The van der Waals surface area contributed by atoms with Crippen LogP contribution >= 0.6 is 24.0 Å². The molecule has 0 atom stereocenters. The number of nitrogens with zero attached hydrogens (tertiary/aromatic N) is 2. The van der Waals surface area contributed by atoms with Gasteiger partial charge in [0.1, 0.15) is 5.82 Å². The van der Waals surface area contributed by atoms with E-state index in [9.17, 15) is 4.39 Å². The van der Waals surface area contributed by atoms with E-state index in [1.165, 1.54) is 5.56 Å². The average molecular weight is 456 g/mol. The van der Waals surface area contributed by atoms with Gasteiger partial charge in [0.05, 0.1) is 12.2 Å². The lowest BCUT2D eigenvalue weighted by Crippen LogP contribution is -2.36. The van der Waals surface area contributed by atoms with Gasteiger partial charge in [-0.05, 0) is 30.2 Å². The summed E-state index contributed by atoms with van der Waals surface area (Å²) >= 11 is 0. The Balaban J connectivity index is 0.00000312. The first-order valence-electron chi connectivity index (χ1n) is 8.12. The molecule has 136 valence electrons. The predicted octanol–water partition coefficient (Wildman–Crippen LogP) is 3.77. The van der Waals surface area contributed by atoms with E-state index in [0.29, 0.717) is 18.8 Å². The SMILES string of the molecule is CCNC(=NCc1ccc(N(C)C)c(F)c1)NCc1ccccc1.I. The molecule has 6 heteroatoms.